The zero-order chi connectivity index (χ0) is 14.7. The lowest BCUT2D eigenvalue weighted by Crippen LogP contribution is -2.21. The predicted octanol–water partition coefficient (Wildman–Crippen LogP) is 3.18. The highest BCUT2D eigenvalue weighted by Crippen LogP contribution is 2.30. The Bertz CT molecular complexity index is 595. The molecule has 1 N–H and O–H groups in total. The molecule has 20 heavy (non-hydrogen) atoms. The molecule has 0 radical (unpaired) electrons. The molecule has 0 bridgehead atoms. The Balaban J connectivity index is 2.46. The van der Waals surface area contributed by atoms with Gasteiger partial charge < -0.3 is 10.1 Å². The number of aromatic nitrogens is 2. The maximum absolute atomic E-state index is 6.09. The van der Waals surface area contributed by atoms with Crippen LogP contribution in [0.5, 0.6) is 5.75 Å². The molecule has 0 fully saturated rings. The fraction of sp³-hybridized carbons (Fsp3) is 0.400. The Kier molecular flexibility index (Phi) is 4.68. The molecule has 1 aromatic carbocycles. The average molecular weight is 294 g/mol. The van der Waals surface area contributed by atoms with Crippen LogP contribution in [0.2, 0.25) is 5.02 Å². The quantitative estimate of drug-likeness (QED) is 0.920. The van der Waals surface area contributed by atoms with Gasteiger partial charge in [-0.3, -0.25) is 4.68 Å². The summed E-state index contributed by atoms with van der Waals surface area (Å²) < 4.78 is 7.31. The van der Waals surface area contributed by atoms with E-state index in [0.717, 1.165) is 23.5 Å². The van der Waals surface area contributed by atoms with Crippen molar-refractivity contribution in [1.29, 1.82) is 0 Å². The maximum Gasteiger partial charge on any atom is 0.137 e. The highest BCUT2D eigenvalue weighted by molar-refractivity contribution is 6.32. The van der Waals surface area contributed by atoms with Crippen LogP contribution >= 0.6 is 11.6 Å². The Morgan fingerprint density at radius 3 is 2.75 bits per heavy atom. The number of methoxy groups -OCH3 is 1. The van der Waals surface area contributed by atoms with E-state index in [1.807, 2.05) is 36.9 Å². The summed E-state index contributed by atoms with van der Waals surface area (Å²) in [6.45, 7) is 4.93. The summed E-state index contributed by atoms with van der Waals surface area (Å²) in [6, 6.07) is 7.99. The molecule has 0 saturated carbocycles. The molecule has 0 aliphatic carbocycles. The molecule has 2 rings (SSSR count). The summed E-state index contributed by atoms with van der Waals surface area (Å²) >= 11 is 6.09. The van der Waals surface area contributed by atoms with Crippen LogP contribution in [0.4, 0.5) is 0 Å². The molecule has 2 aromatic rings. The van der Waals surface area contributed by atoms with Crippen molar-refractivity contribution in [3.63, 3.8) is 0 Å². The highest BCUT2D eigenvalue weighted by Gasteiger charge is 2.18. The number of nitrogens with one attached hydrogen (secondary N) is 1. The molecule has 4 nitrogen and oxygen atoms in total. The van der Waals surface area contributed by atoms with E-state index in [1.54, 1.807) is 7.11 Å². The van der Waals surface area contributed by atoms with Crippen LogP contribution in [0.3, 0.4) is 0 Å². The number of hydrogen-bond donors (Lipinski definition) is 1. The number of rotatable bonds is 5. The number of ether oxygens (including phenoxy) is 1. The van der Waals surface area contributed by atoms with Crippen molar-refractivity contribution < 1.29 is 4.74 Å². The second-order valence-corrected chi connectivity index (χ2v) is 5.05. The van der Waals surface area contributed by atoms with Gasteiger partial charge in [0.05, 0.1) is 29.6 Å². The number of aryl methyl sites for hydroxylation is 2. The van der Waals surface area contributed by atoms with Crippen molar-refractivity contribution in [2.45, 2.75) is 26.4 Å². The molecular weight excluding hydrogens is 274 g/mol. The molecule has 0 aliphatic heterocycles. The third-order valence-corrected chi connectivity index (χ3v) is 3.64. The van der Waals surface area contributed by atoms with Crippen molar-refractivity contribution in [3.8, 4) is 5.75 Å². The van der Waals surface area contributed by atoms with Gasteiger partial charge in [-0.1, -0.05) is 17.7 Å². The van der Waals surface area contributed by atoms with Crippen molar-refractivity contribution in [2.75, 3.05) is 14.2 Å². The Morgan fingerprint density at radius 1 is 1.40 bits per heavy atom. The molecule has 0 spiro atoms. The third kappa shape index (κ3) is 2.81. The summed E-state index contributed by atoms with van der Waals surface area (Å²) in [5.74, 6) is 0.684. The first-order valence-electron chi connectivity index (χ1n) is 6.65. The van der Waals surface area contributed by atoms with Crippen LogP contribution < -0.4 is 10.1 Å². The number of hydrogen-bond acceptors (Lipinski definition) is 3. The van der Waals surface area contributed by atoms with Crippen molar-refractivity contribution in [2.24, 2.45) is 0 Å². The van der Waals surface area contributed by atoms with Crippen molar-refractivity contribution in [1.82, 2.24) is 15.1 Å². The van der Waals surface area contributed by atoms with E-state index >= 15 is 0 Å². The first-order valence-corrected chi connectivity index (χ1v) is 7.03. The highest BCUT2D eigenvalue weighted by atomic mass is 35.5. The SMILES string of the molecule is CCn1nc(C)cc1C(NC)c1ccc(Cl)c(OC)c1. The second kappa shape index (κ2) is 6.29. The van der Waals surface area contributed by atoms with Crippen LogP contribution in [0.1, 0.15) is 29.9 Å². The molecule has 0 aliphatic rings. The van der Waals surface area contributed by atoms with Gasteiger partial charge in [0.2, 0.25) is 0 Å². The molecule has 1 heterocycles. The van der Waals surface area contributed by atoms with Crippen molar-refractivity contribution in [3.05, 3.63) is 46.2 Å². The van der Waals surface area contributed by atoms with E-state index in [1.165, 1.54) is 0 Å². The maximum atomic E-state index is 6.09. The standard InChI is InChI=1S/C15H20ClN3O/c1-5-19-13(8-10(2)18-19)15(17-3)11-6-7-12(16)14(9-11)20-4/h6-9,15,17H,5H2,1-4H3. The van der Waals surface area contributed by atoms with Crippen LogP contribution in [0.15, 0.2) is 24.3 Å². The molecule has 108 valence electrons. The lowest BCUT2D eigenvalue weighted by molar-refractivity contribution is 0.414. The molecule has 0 amide bonds. The van der Waals surface area contributed by atoms with E-state index in [4.69, 9.17) is 16.3 Å². The summed E-state index contributed by atoms with van der Waals surface area (Å²) in [4.78, 5) is 0. The smallest absolute Gasteiger partial charge is 0.137 e. The average Bonchev–Trinajstić information content (AvgIpc) is 2.82. The van der Waals surface area contributed by atoms with Gasteiger partial charge in [-0.15, -0.1) is 0 Å². The van der Waals surface area contributed by atoms with Gasteiger partial charge in [-0.25, -0.2) is 0 Å². The number of halogens is 1. The van der Waals surface area contributed by atoms with Crippen LogP contribution in [0, 0.1) is 6.92 Å². The first-order chi connectivity index (χ1) is 9.60. The van der Waals surface area contributed by atoms with Gasteiger partial charge in [-0.05, 0) is 44.7 Å². The van der Waals surface area contributed by atoms with Gasteiger partial charge >= 0.3 is 0 Å². The summed E-state index contributed by atoms with van der Waals surface area (Å²) in [6.07, 6.45) is 0. The van der Waals surface area contributed by atoms with Gasteiger partial charge in [0, 0.05) is 6.54 Å². The molecule has 0 saturated heterocycles. The van der Waals surface area contributed by atoms with E-state index < -0.39 is 0 Å². The minimum Gasteiger partial charge on any atom is -0.495 e. The molecule has 1 atom stereocenters. The summed E-state index contributed by atoms with van der Waals surface area (Å²) in [5, 5.41) is 8.45. The monoisotopic (exact) mass is 293 g/mol. The fourth-order valence-electron chi connectivity index (χ4n) is 2.39. The zero-order valence-corrected chi connectivity index (χ0v) is 13.0. The predicted molar refractivity (Wildman–Crippen MR) is 81.5 cm³/mol. The van der Waals surface area contributed by atoms with Crippen LogP contribution in [-0.2, 0) is 6.54 Å². The lowest BCUT2D eigenvalue weighted by Gasteiger charge is -2.19. The van der Waals surface area contributed by atoms with Gasteiger partial charge in [0.25, 0.3) is 0 Å². The van der Waals surface area contributed by atoms with E-state index in [2.05, 4.69) is 23.4 Å². The minimum atomic E-state index is 0.0577. The number of nitrogens with zero attached hydrogens (tertiary/aromatic N) is 2. The van der Waals surface area contributed by atoms with E-state index in [0.29, 0.717) is 10.8 Å². The summed E-state index contributed by atoms with van der Waals surface area (Å²) in [7, 11) is 3.56. The van der Waals surface area contributed by atoms with Gasteiger partial charge in [0.1, 0.15) is 5.75 Å². The summed E-state index contributed by atoms with van der Waals surface area (Å²) in [5.41, 5.74) is 3.25. The van der Waals surface area contributed by atoms with Crippen molar-refractivity contribution >= 4 is 11.6 Å². The third-order valence-electron chi connectivity index (χ3n) is 3.33. The fourth-order valence-corrected chi connectivity index (χ4v) is 2.59. The number of benzene rings is 1. The largest absolute Gasteiger partial charge is 0.495 e. The van der Waals surface area contributed by atoms with E-state index in [9.17, 15) is 0 Å². The first kappa shape index (κ1) is 14.9. The van der Waals surface area contributed by atoms with E-state index in [-0.39, 0.29) is 6.04 Å². The zero-order valence-electron chi connectivity index (χ0n) is 12.3. The second-order valence-electron chi connectivity index (χ2n) is 4.64. The Morgan fingerprint density at radius 2 is 2.15 bits per heavy atom. The van der Waals surface area contributed by atoms with Crippen LogP contribution in [-0.4, -0.2) is 23.9 Å². The van der Waals surface area contributed by atoms with Gasteiger partial charge in [0.15, 0.2) is 0 Å². The Labute approximate surface area is 124 Å². The van der Waals surface area contributed by atoms with Gasteiger partial charge in [-0.2, -0.15) is 5.10 Å². The normalized spacial score (nSPS) is 12.4. The molecule has 1 aromatic heterocycles. The van der Waals surface area contributed by atoms with Crippen LogP contribution in [0.25, 0.3) is 0 Å². The molecule has 1 unspecified atom stereocenters. The topological polar surface area (TPSA) is 39.1 Å². The minimum absolute atomic E-state index is 0.0577. The molecular formula is C15H20ClN3O. The Hall–Kier alpha value is -1.52. The molecule has 5 heteroatoms. The lowest BCUT2D eigenvalue weighted by atomic mass is 10.0.